The number of esters is 1. The normalized spacial score (nSPS) is 10.9. The van der Waals surface area contributed by atoms with Gasteiger partial charge in [-0.15, -0.1) is 0 Å². The second-order valence-corrected chi connectivity index (χ2v) is 5.99. The summed E-state index contributed by atoms with van der Waals surface area (Å²) in [5, 5.41) is 1.10. The molecular weight excluding hydrogens is 372 g/mol. The largest absolute Gasteiger partial charge is 0.463 e. The van der Waals surface area contributed by atoms with Crippen LogP contribution in [0.15, 0.2) is 53.1 Å². The molecule has 0 amide bonds. The van der Waals surface area contributed by atoms with Crippen LogP contribution >= 0.6 is 15.9 Å². The molecule has 5 nitrogen and oxygen atoms in total. The van der Waals surface area contributed by atoms with Gasteiger partial charge < -0.3 is 14.0 Å². The minimum absolute atomic E-state index is 0.245. The van der Waals surface area contributed by atoms with Gasteiger partial charge in [0.05, 0.1) is 28.0 Å². The second-order valence-electron chi connectivity index (χ2n) is 5.20. The van der Waals surface area contributed by atoms with E-state index in [1.54, 1.807) is 6.20 Å². The predicted octanol–water partition coefficient (Wildman–Crippen LogP) is 4.00. The summed E-state index contributed by atoms with van der Waals surface area (Å²) in [7, 11) is 0. The highest BCUT2D eigenvalue weighted by Gasteiger charge is 2.17. The molecule has 0 radical (unpaired) electrons. The first-order valence-electron chi connectivity index (χ1n) is 7.57. The molecule has 0 spiro atoms. The Hall–Kier alpha value is -2.18. The van der Waals surface area contributed by atoms with Crippen molar-refractivity contribution in [2.75, 3.05) is 13.2 Å². The average Bonchev–Trinajstić information content (AvgIpc) is 2.88. The van der Waals surface area contributed by atoms with E-state index in [1.165, 1.54) is 6.92 Å². The van der Waals surface area contributed by atoms with E-state index in [2.05, 4.69) is 31.5 Å². The highest BCUT2D eigenvalue weighted by atomic mass is 79.9. The second kappa shape index (κ2) is 7.59. The Kier molecular flexibility index (Phi) is 5.27. The van der Waals surface area contributed by atoms with Crippen molar-refractivity contribution in [1.82, 2.24) is 9.55 Å². The van der Waals surface area contributed by atoms with Crippen LogP contribution in [0.2, 0.25) is 0 Å². The van der Waals surface area contributed by atoms with Crippen molar-refractivity contribution in [3.63, 3.8) is 0 Å². The summed E-state index contributed by atoms with van der Waals surface area (Å²) in [4.78, 5) is 15.3. The van der Waals surface area contributed by atoms with Crippen LogP contribution in [-0.4, -0.2) is 28.7 Å². The minimum atomic E-state index is -0.304. The predicted molar refractivity (Wildman–Crippen MR) is 95.5 cm³/mol. The fraction of sp³-hybridized carbons (Fsp3) is 0.222. The van der Waals surface area contributed by atoms with Crippen LogP contribution in [0, 0.1) is 0 Å². The van der Waals surface area contributed by atoms with Crippen LogP contribution in [0.1, 0.15) is 6.92 Å². The number of aromatic nitrogens is 2. The van der Waals surface area contributed by atoms with Gasteiger partial charge >= 0.3 is 5.97 Å². The summed E-state index contributed by atoms with van der Waals surface area (Å²) in [6.07, 6.45) is 1.77. The summed E-state index contributed by atoms with van der Waals surface area (Å²) in [6, 6.07) is 13.9. The van der Waals surface area contributed by atoms with E-state index in [0.29, 0.717) is 13.3 Å². The van der Waals surface area contributed by atoms with Crippen molar-refractivity contribution in [2.24, 2.45) is 0 Å². The molecule has 3 aromatic rings. The highest BCUT2D eigenvalue weighted by molar-refractivity contribution is 9.10. The maximum absolute atomic E-state index is 10.8. The Morgan fingerprint density at radius 2 is 1.96 bits per heavy atom. The molecule has 0 saturated carbocycles. The lowest BCUT2D eigenvalue weighted by atomic mass is 10.2. The Bertz CT molecular complexity index is 846. The number of carbonyl (C=O) groups is 1. The summed E-state index contributed by atoms with van der Waals surface area (Å²) < 4.78 is 13.6. The van der Waals surface area contributed by atoms with Gasteiger partial charge in [0.2, 0.25) is 0 Å². The number of nitrogens with zero attached hydrogens (tertiary/aromatic N) is 2. The molecule has 2 aromatic heterocycles. The molecule has 0 aliphatic rings. The number of hydrogen-bond donors (Lipinski definition) is 0. The van der Waals surface area contributed by atoms with Crippen molar-refractivity contribution < 1.29 is 14.3 Å². The zero-order chi connectivity index (χ0) is 16.9. The first-order valence-corrected chi connectivity index (χ1v) is 8.37. The molecule has 0 unspecified atom stereocenters. The van der Waals surface area contributed by atoms with Gasteiger partial charge in [-0.2, -0.15) is 0 Å². The SMILES string of the molecule is CC(=O)OCCOCn1c(-c2ccccn2)c(Br)c2ccccc21. The van der Waals surface area contributed by atoms with Crippen LogP contribution in [0.5, 0.6) is 0 Å². The van der Waals surface area contributed by atoms with E-state index in [4.69, 9.17) is 9.47 Å². The van der Waals surface area contributed by atoms with E-state index in [1.807, 2.05) is 36.4 Å². The number of pyridine rings is 1. The summed E-state index contributed by atoms with van der Waals surface area (Å²) in [6.45, 7) is 2.31. The van der Waals surface area contributed by atoms with Gasteiger partial charge in [0.15, 0.2) is 0 Å². The molecule has 0 fully saturated rings. The monoisotopic (exact) mass is 388 g/mol. The van der Waals surface area contributed by atoms with Crippen LogP contribution in [0.25, 0.3) is 22.3 Å². The fourth-order valence-corrected chi connectivity index (χ4v) is 3.30. The van der Waals surface area contributed by atoms with Crippen molar-refractivity contribution in [2.45, 2.75) is 13.7 Å². The number of fused-ring (bicyclic) bond motifs is 1. The molecule has 0 bridgehead atoms. The van der Waals surface area contributed by atoms with Crippen molar-refractivity contribution in [3.05, 3.63) is 53.1 Å². The molecule has 124 valence electrons. The molecule has 0 aliphatic heterocycles. The van der Waals surface area contributed by atoms with Gasteiger partial charge in [0.1, 0.15) is 13.3 Å². The third-order valence-electron chi connectivity index (χ3n) is 3.57. The number of ether oxygens (including phenoxy) is 2. The van der Waals surface area contributed by atoms with Gasteiger partial charge in [0.25, 0.3) is 0 Å². The first kappa shape index (κ1) is 16.7. The zero-order valence-corrected chi connectivity index (χ0v) is 14.8. The molecule has 0 saturated heterocycles. The summed E-state index contributed by atoms with van der Waals surface area (Å²) in [5.41, 5.74) is 2.88. The van der Waals surface area contributed by atoms with Gasteiger partial charge in [-0.25, -0.2) is 0 Å². The Morgan fingerprint density at radius 1 is 1.17 bits per heavy atom. The fourth-order valence-electron chi connectivity index (χ4n) is 2.55. The zero-order valence-electron chi connectivity index (χ0n) is 13.2. The van der Waals surface area contributed by atoms with Crippen molar-refractivity contribution in [1.29, 1.82) is 0 Å². The Balaban J connectivity index is 1.91. The van der Waals surface area contributed by atoms with E-state index >= 15 is 0 Å². The number of carbonyl (C=O) groups excluding carboxylic acids is 1. The Morgan fingerprint density at radius 3 is 2.71 bits per heavy atom. The third kappa shape index (κ3) is 3.49. The van der Waals surface area contributed by atoms with Crippen LogP contribution in [0.4, 0.5) is 0 Å². The van der Waals surface area contributed by atoms with Gasteiger partial charge in [-0.3, -0.25) is 9.78 Å². The van der Waals surface area contributed by atoms with Gasteiger partial charge in [0, 0.05) is 18.5 Å². The maximum Gasteiger partial charge on any atom is 0.302 e. The highest BCUT2D eigenvalue weighted by Crippen LogP contribution is 2.36. The van der Waals surface area contributed by atoms with E-state index in [0.717, 1.165) is 26.8 Å². The Labute approximate surface area is 148 Å². The standard InChI is InChI=1S/C18H17BrN2O3/c1-13(22)24-11-10-23-12-21-16-8-3-2-6-14(16)17(19)18(21)15-7-4-5-9-20-15/h2-9H,10-12H2,1H3. The summed E-state index contributed by atoms with van der Waals surface area (Å²) in [5.74, 6) is -0.304. The van der Waals surface area contributed by atoms with Crippen LogP contribution < -0.4 is 0 Å². The van der Waals surface area contributed by atoms with Gasteiger partial charge in [-0.1, -0.05) is 24.3 Å². The van der Waals surface area contributed by atoms with Crippen molar-refractivity contribution >= 4 is 32.8 Å². The van der Waals surface area contributed by atoms with E-state index < -0.39 is 0 Å². The lowest BCUT2D eigenvalue weighted by Crippen LogP contribution is -2.11. The molecule has 3 rings (SSSR count). The number of halogens is 1. The number of benzene rings is 1. The third-order valence-corrected chi connectivity index (χ3v) is 4.37. The quantitative estimate of drug-likeness (QED) is 0.472. The molecule has 1 aromatic carbocycles. The smallest absolute Gasteiger partial charge is 0.302 e. The molecule has 0 aliphatic carbocycles. The molecule has 0 N–H and O–H groups in total. The summed E-state index contributed by atoms with van der Waals surface area (Å²) >= 11 is 3.70. The molecule has 0 atom stereocenters. The number of para-hydroxylation sites is 1. The van der Waals surface area contributed by atoms with Crippen LogP contribution in [-0.2, 0) is 21.0 Å². The van der Waals surface area contributed by atoms with Crippen molar-refractivity contribution in [3.8, 4) is 11.4 Å². The lowest BCUT2D eigenvalue weighted by molar-refractivity contribution is -0.142. The van der Waals surface area contributed by atoms with Gasteiger partial charge in [-0.05, 0) is 34.1 Å². The number of hydrogen-bond acceptors (Lipinski definition) is 4. The average molecular weight is 389 g/mol. The first-order chi connectivity index (χ1) is 11.7. The lowest BCUT2D eigenvalue weighted by Gasteiger charge is -2.11. The maximum atomic E-state index is 10.8. The molecule has 6 heteroatoms. The number of rotatable bonds is 6. The van der Waals surface area contributed by atoms with E-state index in [9.17, 15) is 4.79 Å². The minimum Gasteiger partial charge on any atom is -0.463 e. The molecular formula is C18H17BrN2O3. The van der Waals surface area contributed by atoms with E-state index in [-0.39, 0.29) is 12.6 Å². The molecule has 24 heavy (non-hydrogen) atoms. The molecule has 2 heterocycles. The van der Waals surface area contributed by atoms with Crippen LogP contribution in [0.3, 0.4) is 0 Å². The topological polar surface area (TPSA) is 53.4 Å².